The zero-order chi connectivity index (χ0) is 15.8. The van der Waals surface area contributed by atoms with Gasteiger partial charge in [0.05, 0.1) is 0 Å². The van der Waals surface area contributed by atoms with Crippen molar-refractivity contribution in [3.8, 4) is 5.75 Å². The molecule has 4 rings (SSSR count). The van der Waals surface area contributed by atoms with E-state index >= 15 is 0 Å². The van der Waals surface area contributed by atoms with Crippen LogP contribution < -0.4 is 0 Å². The lowest BCUT2D eigenvalue weighted by Gasteiger charge is -2.22. The molecule has 0 aromatic heterocycles. The molecular weight excluding hydrogens is 300 g/mol. The van der Waals surface area contributed by atoms with Crippen molar-refractivity contribution in [3.63, 3.8) is 0 Å². The Kier molecular flexibility index (Phi) is 4.11. The van der Waals surface area contributed by atoms with Gasteiger partial charge >= 0.3 is 0 Å². The van der Waals surface area contributed by atoms with E-state index in [1.807, 2.05) is 23.9 Å². The number of benzene rings is 2. The quantitative estimate of drug-likeness (QED) is 0.764. The Bertz CT molecular complexity index is 681. The molecule has 2 aromatic rings. The molecule has 1 N–H and O–H groups in total. The Morgan fingerprint density at radius 2 is 1.87 bits per heavy atom. The highest BCUT2D eigenvalue weighted by Crippen LogP contribution is 2.51. The summed E-state index contributed by atoms with van der Waals surface area (Å²) in [6.45, 7) is 2.18. The molecule has 0 radical (unpaired) electrons. The summed E-state index contributed by atoms with van der Waals surface area (Å²) in [5.41, 5.74) is 2.30. The van der Waals surface area contributed by atoms with Crippen molar-refractivity contribution < 1.29 is 5.11 Å². The summed E-state index contributed by atoms with van der Waals surface area (Å²) in [6.07, 6.45) is 5.71. The predicted molar refractivity (Wildman–Crippen MR) is 97.2 cm³/mol. The van der Waals surface area contributed by atoms with Gasteiger partial charge < -0.3 is 5.11 Å². The first-order valence-electron chi connectivity index (χ1n) is 8.75. The summed E-state index contributed by atoms with van der Waals surface area (Å²) < 4.78 is 0. The molecule has 0 aliphatic heterocycles. The summed E-state index contributed by atoms with van der Waals surface area (Å²) in [4.78, 5) is 1.32. The van der Waals surface area contributed by atoms with Gasteiger partial charge in [-0.1, -0.05) is 43.7 Å². The van der Waals surface area contributed by atoms with E-state index in [0.717, 1.165) is 22.6 Å². The molecule has 2 bridgehead atoms. The van der Waals surface area contributed by atoms with Crippen LogP contribution in [-0.4, -0.2) is 10.4 Å². The van der Waals surface area contributed by atoms with E-state index in [1.54, 1.807) is 0 Å². The molecule has 2 aromatic carbocycles. The second-order valence-corrected chi connectivity index (χ2v) is 8.50. The molecule has 4 unspecified atom stereocenters. The summed E-state index contributed by atoms with van der Waals surface area (Å²) in [5, 5.41) is 11.1. The van der Waals surface area contributed by atoms with E-state index in [4.69, 9.17) is 0 Å². The number of aromatic hydroxyl groups is 1. The van der Waals surface area contributed by atoms with Crippen molar-refractivity contribution in [2.24, 2.45) is 11.8 Å². The minimum atomic E-state index is 0.219. The SMILES string of the molecule is CC(c1ccccc1)c1cc(SC2CC3CCC2C3)ccc1O. The van der Waals surface area contributed by atoms with Gasteiger partial charge in [-0.25, -0.2) is 0 Å². The maximum Gasteiger partial charge on any atom is 0.119 e. The largest absolute Gasteiger partial charge is 0.508 e. The first kappa shape index (κ1) is 15.1. The van der Waals surface area contributed by atoms with Gasteiger partial charge in [0.1, 0.15) is 5.75 Å². The van der Waals surface area contributed by atoms with Gasteiger partial charge in [-0.05, 0) is 54.9 Å². The van der Waals surface area contributed by atoms with E-state index in [-0.39, 0.29) is 5.92 Å². The van der Waals surface area contributed by atoms with Crippen molar-refractivity contribution in [2.75, 3.05) is 0 Å². The van der Waals surface area contributed by atoms with Crippen LogP contribution in [-0.2, 0) is 0 Å². The van der Waals surface area contributed by atoms with E-state index in [1.165, 1.54) is 36.1 Å². The lowest BCUT2D eigenvalue weighted by atomic mass is 9.92. The molecule has 2 heteroatoms. The molecule has 2 aliphatic carbocycles. The fraction of sp³-hybridized carbons (Fsp3) is 0.429. The summed E-state index contributed by atoms with van der Waals surface area (Å²) in [7, 11) is 0. The third-order valence-electron chi connectivity index (χ3n) is 5.73. The number of hydrogen-bond donors (Lipinski definition) is 1. The molecule has 0 amide bonds. The molecule has 2 saturated carbocycles. The van der Waals surface area contributed by atoms with E-state index < -0.39 is 0 Å². The molecule has 2 aliphatic rings. The van der Waals surface area contributed by atoms with Crippen LogP contribution in [0.1, 0.15) is 49.7 Å². The summed E-state index contributed by atoms with van der Waals surface area (Å²) >= 11 is 2.04. The highest BCUT2D eigenvalue weighted by molar-refractivity contribution is 8.00. The lowest BCUT2D eigenvalue weighted by Crippen LogP contribution is -2.12. The Balaban J connectivity index is 1.56. The minimum Gasteiger partial charge on any atom is -0.508 e. The summed E-state index contributed by atoms with van der Waals surface area (Å²) in [6, 6.07) is 16.6. The number of hydrogen-bond acceptors (Lipinski definition) is 2. The lowest BCUT2D eigenvalue weighted by molar-refractivity contribution is 0.465. The maximum absolute atomic E-state index is 10.3. The van der Waals surface area contributed by atoms with Gasteiger partial charge in [-0.2, -0.15) is 0 Å². The monoisotopic (exact) mass is 324 g/mol. The van der Waals surface area contributed by atoms with E-state index in [0.29, 0.717) is 5.75 Å². The van der Waals surface area contributed by atoms with Gasteiger partial charge in [0, 0.05) is 21.6 Å². The standard InChI is InChI=1S/C21H24OS/c1-14(16-5-3-2-4-6-16)19-13-18(9-10-20(19)22)23-21-12-15-7-8-17(21)11-15/h2-6,9-10,13-15,17,21-22H,7-8,11-12H2,1H3. The first-order valence-corrected chi connectivity index (χ1v) is 9.63. The van der Waals surface area contributed by atoms with Gasteiger partial charge in [0.2, 0.25) is 0 Å². The van der Waals surface area contributed by atoms with Crippen LogP contribution in [0.2, 0.25) is 0 Å². The predicted octanol–water partition coefficient (Wildman–Crippen LogP) is 5.82. The zero-order valence-electron chi connectivity index (χ0n) is 13.6. The molecule has 0 saturated heterocycles. The number of phenols is 1. The van der Waals surface area contributed by atoms with E-state index in [9.17, 15) is 5.11 Å². The van der Waals surface area contributed by atoms with Gasteiger partial charge in [-0.15, -0.1) is 11.8 Å². The van der Waals surface area contributed by atoms with E-state index in [2.05, 4.69) is 43.3 Å². The van der Waals surface area contributed by atoms with Gasteiger partial charge in [-0.3, -0.25) is 0 Å². The zero-order valence-corrected chi connectivity index (χ0v) is 14.4. The highest BCUT2D eigenvalue weighted by Gasteiger charge is 2.39. The second kappa shape index (κ2) is 6.24. The number of fused-ring (bicyclic) bond motifs is 2. The fourth-order valence-electron chi connectivity index (χ4n) is 4.38. The summed E-state index contributed by atoms with van der Waals surface area (Å²) in [5.74, 6) is 2.54. The minimum absolute atomic E-state index is 0.219. The van der Waals surface area contributed by atoms with Crippen molar-refractivity contribution in [3.05, 3.63) is 59.7 Å². The van der Waals surface area contributed by atoms with Crippen LogP contribution in [0.5, 0.6) is 5.75 Å². The highest BCUT2D eigenvalue weighted by atomic mass is 32.2. The Morgan fingerprint density at radius 1 is 1.04 bits per heavy atom. The van der Waals surface area contributed by atoms with Crippen molar-refractivity contribution in [2.45, 2.75) is 48.7 Å². The second-order valence-electron chi connectivity index (χ2n) is 7.18. The Morgan fingerprint density at radius 3 is 2.57 bits per heavy atom. The first-order chi connectivity index (χ1) is 11.2. The number of rotatable bonds is 4. The molecule has 4 atom stereocenters. The van der Waals surface area contributed by atoms with Crippen molar-refractivity contribution in [1.82, 2.24) is 0 Å². The smallest absolute Gasteiger partial charge is 0.119 e. The van der Waals surface area contributed by atoms with Gasteiger partial charge in [0.15, 0.2) is 0 Å². The van der Waals surface area contributed by atoms with Crippen LogP contribution in [0.15, 0.2) is 53.4 Å². The maximum atomic E-state index is 10.3. The number of phenolic OH excluding ortho intramolecular Hbond substituents is 1. The average Bonchev–Trinajstić information content (AvgIpc) is 3.20. The Hall–Kier alpha value is -1.41. The molecule has 2 fully saturated rings. The van der Waals surface area contributed by atoms with Crippen LogP contribution in [0.3, 0.4) is 0 Å². The normalized spacial score (nSPS) is 27.3. The third-order valence-corrected chi connectivity index (χ3v) is 7.13. The molecular formula is C21H24OS. The fourth-order valence-corrected chi connectivity index (χ4v) is 5.88. The Labute approximate surface area is 143 Å². The van der Waals surface area contributed by atoms with Crippen molar-refractivity contribution in [1.29, 1.82) is 0 Å². The average molecular weight is 324 g/mol. The topological polar surface area (TPSA) is 20.2 Å². The van der Waals surface area contributed by atoms with Crippen LogP contribution >= 0.6 is 11.8 Å². The molecule has 120 valence electrons. The molecule has 0 heterocycles. The molecule has 1 nitrogen and oxygen atoms in total. The molecule has 23 heavy (non-hydrogen) atoms. The number of thioether (sulfide) groups is 1. The van der Waals surface area contributed by atoms with Crippen LogP contribution in [0.25, 0.3) is 0 Å². The van der Waals surface area contributed by atoms with Gasteiger partial charge in [0.25, 0.3) is 0 Å². The molecule has 0 spiro atoms. The third kappa shape index (κ3) is 3.01. The van der Waals surface area contributed by atoms with Crippen molar-refractivity contribution >= 4 is 11.8 Å². The van der Waals surface area contributed by atoms with Crippen LogP contribution in [0, 0.1) is 11.8 Å². The van der Waals surface area contributed by atoms with Crippen LogP contribution in [0.4, 0.5) is 0 Å².